The smallest absolute Gasteiger partial charge is 0.251 e. The molecule has 4 nitrogen and oxygen atoms in total. The third-order valence-electron chi connectivity index (χ3n) is 3.89. The van der Waals surface area contributed by atoms with Crippen LogP contribution in [0.3, 0.4) is 0 Å². The van der Waals surface area contributed by atoms with E-state index in [1.165, 1.54) is 12.8 Å². The van der Waals surface area contributed by atoms with Crippen LogP contribution in [-0.4, -0.2) is 17.1 Å². The van der Waals surface area contributed by atoms with E-state index in [1.54, 1.807) is 13.2 Å². The molecule has 100 valence electrons. The number of aryl methyl sites for hydroxylation is 1. The summed E-state index contributed by atoms with van der Waals surface area (Å²) < 4.78 is 5.77. The summed E-state index contributed by atoms with van der Waals surface area (Å²) in [6.07, 6.45) is 7.41. The molecule has 0 aromatic carbocycles. The van der Waals surface area contributed by atoms with E-state index in [0.717, 1.165) is 43.6 Å². The van der Waals surface area contributed by atoms with E-state index in [0.29, 0.717) is 0 Å². The average molecular weight is 250 g/mol. The van der Waals surface area contributed by atoms with Gasteiger partial charge in [0, 0.05) is 18.9 Å². The monoisotopic (exact) mass is 250 g/mol. The van der Waals surface area contributed by atoms with E-state index < -0.39 is 0 Å². The highest BCUT2D eigenvalue weighted by Crippen LogP contribution is 2.36. The van der Waals surface area contributed by atoms with Crippen LogP contribution < -0.4 is 5.56 Å². The summed E-state index contributed by atoms with van der Waals surface area (Å²) in [5, 5.41) is 0. The zero-order valence-electron chi connectivity index (χ0n) is 11.3. The number of H-pyrrole nitrogens is 1. The van der Waals surface area contributed by atoms with E-state index in [9.17, 15) is 4.79 Å². The van der Waals surface area contributed by atoms with Crippen LogP contribution in [0, 0.1) is 0 Å². The maximum Gasteiger partial charge on any atom is 0.251 e. The standard InChI is InChI=1S/C14H22N2O2/c1-3-11-10-12(17)16-13(15-11)14(18-2)8-6-4-5-7-9-14/h10H,3-9H2,1-2H3,(H,15,16,17). The number of nitrogens with zero attached hydrogens (tertiary/aromatic N) is 1. The number of methoxy groups -OCH3 is 1. The van der Waals surface area contributed by atoms with Crippen molar-refractivity contribution in [3.8, 4) is 0 Å². The van der Waals surface area contributed by atoms with E-state index >= 15 is 0 Å². The van der Waals surface area contributed by atoms with E-state index in [2.05, 4.69) is 9.97 Å². The van der Waals surface area contributed by atoms with Gasteiger partial charge in [-0.15, -0.1) is 0 Å². The molecule has 1 N–H and O–H groups in total. The summed E-state index contributed by atoms with van der Waals surface area (Å²) >= 11 is 0. The van der Waals surface area contributed by atoms with Crippen molar-refractivity contribution in [1.29, 1.82) is 0 Å². The molecule has 0 spiro atoms. The minimum absolute atomic E-state index is 0.0717. The Hall–Kier alpha value is -1.16. The maximum atomic E-state index is 11.7. The molecule has 1 fully saturated rings. The fourth-order valence-corrected chi connectivity index (χ4v) is 2.74. The molecule has 0 aliphatic heterocycles. The van der Waals surface area contributed by atoms with Gasteiger partial charge >= 0.3 is 0 Å². The SMILES string of the molecule is CCc1cc(=O)[nH]c(C2(OC)CCCCCC2)n1. The molecule has 1 aromatic heterocycles. The van der Waals surface area contributed by atoms with Crippen molar-refractivity contribution in [2.75, 3.05) is 7.11 Å². The predicted octanol–water partition coefficient (Wildman–Crippen LogP) is 2.53. The number of aromatic amines is 1. The fourth-order valence-electron chi connectivity index (χ4n) is 2.74. The minimum atomic E-state index is -0.388. The summed E-state index contributed by atoms with van der Waals surface area (Å²) in [6.45, 7) is 2.01. The first-order valence-electron chi connectivity index (χ1n) is 6.86. The Morgan fingerprint density at radius 1 is 1.33 bits per heavy atom. The molecular weight excluding hydrogens is 228 g/mol. The largest absolute Gasteiger partial charge is 0.370 e. The molecule has 0 unspecified atom stereocenters. The van der Waals surface area contributed by atoms with Gasteiger partial charge in [0.2, 0.25) is 0 Å². The maximum absolute atomic E-state index is 11.7. The highest BCUT2D eigenvalue weighted by molar-refractivity contribution is 5.09. The normalized spacial score (nSPS) is 19.4. The highest BCUT2D eigenvalue weighted by Gasteiger charge is 2.35. The van der Waals surface area contributed by atoms with Crippen LogP contribution in [0.2, 0.25) is 0 Å². The van der Waals surface area contributed by atoms with Gasteiger partial charge in [0.1, 0.15) is 11.4 Å². The number of aromatic nitrogens is 2. The molecule has 2 rings (SSSR count). The van der Waals surface area contributed by atoms with Gasteiger partial charge in [-0.2, -0.15) is 0 Å². The second-order valence-electron chi connectivity index (χ2n) is 5.05. The average Bonchev–Trinajstić information content (AvgIpc) is 2.64. The lowest BCUT2D eigenvalue weighted by atomic mass is 9.93. The molecule has 1 aliphatic rings. The lowest BCUT2D eigenvalue weighted by Crippen LogP contribution is -2.33. The zero-order valence-corrected chi connectivity index (χ0v) is 11.3. The highest BCUT2D eigenvalue weighted by atomic mass is 16.5. The summed E-state index contributed by atoms with van der Waals surface area (Å²) in [5.41, 5.74) is 0.382. The lowest BCUT2D eigenvalue weighted by molar-refractivity contribution is -0.0354. The minimum Gasteiger partial charge on any atom is -0.370 e. The lowest BCUT2D eigenvalue weighted by Gasteiger charge is -2.30. The molecule has 1 aliphatic carbocycles. The first kappa shape index (κ1) is 13.3. The number of hydrogen-bond donors (Lipinski definition) is 1. The molecule has 1 aromatic rings. The Labute approximate surface area is 108 Å². The zero-order chi connectivity index (χ0) is 13.0. The summed E-state index contributed by atoms with van der Waals surface area (Å²) in [5.74, 6) is 0.719. The number of nitrogens with one attached hydrogen (secondary N) is 1. The van der Waals surface area contributed by atoms with Gasteiger partial charge < -0.3 is 9.72 Å². The molecule has 1 heterocycles. The fraction of sp³-hybridized carbons (Fsp3) is 0.714. The van der Waals surface area contributed by atoms with Crippen molar-refractivity contribution in [2.45, 2.75) is 57.5 Å². The molecule has 1 saturated carbocycles. The number of rotatable bonds is 3. The second kappa shape index (κ2) is 5.65. The van der Waals surface area contributed by atoms with E-state index in [4.69, 9.17) is 4.74 Å². The van der Waals surface area contributed by atoms with Gasteiger partial charge in [-0.1, -0.05) is 32.6 Å². The Balaban J connectivity index is 2.42. The van der Waals surface area contributed by atoms with Crippen LogP contribution in [0.25, 0.3) is 0 Å². The third-order valence-corrected chi connectivity index (χ3v) is 3.89. The predicted molar refractivity (Wildman–Crippen MR) is 70.6 cm³/mol. The van der Waals surface area contributed by atoms with Gasteiger partial charge in [0.15, 0.2) is 0 Å². The number of hydrogen-bond acceptors (Lipinski definition) is 3. The summed E-state index contributed by atoms with van der Waals surface area (Å²) in [7, 11) is 1.73. The molecule has 0 saturated heterocycles. The molecule has 0 radical (unpaired) electrons. The molecule has 4 heteroatoms. The molecule has 18 heavy (non-hydrogen) atoms. The third kappa shape index (κ3) is 2.64. The first-order chi connectivity index (χ1) is 8.70. The van der Waals surface area contributed by atoms with Gasteiger partial charge in [0.05, 0.1) is 0 Å². The molecule has 0 bridgehead atoms. The molecule has 0 atom stereocenters. The van der Waals surface area contributed by atoms with Crippen molar-refractivity contribution in [2.24, 2.45) is 0 Å². The Bertz CT molecular complexity index is 445. The molecular formula is C14H22N2O2. The quantitative estimate of drug-likeness (QED) is 0.839. The summed E-state index contributed by atoms with van der Waals surface area (Å²) in [6, 6.07) is 1.57. The van der Waals surface area contributed by atoms with Crippen molar-refractivity contribution in [1.82, 2.24) is 9.97 Å². The first-order valence-corrected chi connectivity index (χ1v) is 6.86. The van der Waals surface area contributed by atoms with Crippen molar-refractivity contribution in [3.05, 3.63) is 27.9 Å². The van der Waals surface area contributed by atoms with E-state index in [1.807, 2.05) is 6.92 Å². The van der Waals surface area contributed by atoms with Crippen molar-refractivity contribution in [3.63, 3.8) is 0 Å². The van der Waals surface area contributed by atoms with Crippen molar-refractivity contribution >= 4 is 0 Å². The van der Waals surface area contributed by atoms with Gasteiger partial charge in [-0.05, 0) is 19.3 Å². The van der Waals surface area contributed by atoms with Crippen LogP contribution in [0.4, 0.5) is 0 Å². The summed E-state index contributed by atoms with van der Waals surface area (Å²) in [4.78, 5) is 19.2. The topological polar surface area (TPSA) is 55.0 Å². The Kier molecular flexibility index (Phi) is 4.17. The van der Waals surface area contributed by atoms with Crippen LogP contribution in [0.1, 0.15) is 57.0 Å². The molecule has 0 amide bonds. The van der Waals surface area contributed by atoms with Crippen LogP contribution in [-0.2, 0) is 16.8 Å². The number of ether oxygens (including phenoxy) is 1. The van der Waals surface area contributed by atoms with Crippen LogP contribution >= 0.6 is 0 Å². The van der Waals surface area contributed by atoms with Gasteiger partial charge in [-0.3, -0.25) is 4.79 Å². The van der Waals surface area contributed by atoms with Gasteiger partial charge in [0.25, 0.3) is 5.56 Å². The van der Waals surface area contributed by atoms with E-state index in [-0.39, 0.29) is 11.2 Å². The van der Waals surface area contributed by atoms with Crippen LogP contribution in [0.15, 0.2) is 10.9 Å². The Morgan fingerprint density at radius 2 is 2.00 bits per heavy atom. The second-order valence-corrected chi connectivity index (χ2v) is 5.05. The van der Waals surface area contributed by atoms with Crippen molar-refractivity contribution < 1.29 is 4.74 Å². The van der Waals surface area contributed by atoms with Gasteiger partial charge in [-0.25, -0.2) is 4.98 Å². The van der Waals surface area contributed by atoms with Crippen LogP contribution in [0.5, 0.6) is 0 Å². The Morgan fingerprint density at radius 3 is 2.56 bits per heavy atom.